The minimum Gasteiger partial charge on any atom is -0.315 e. The first-order chi connectivity index (χ1) is 16.3. The van der Waals surface area contributed by atoms with E-state index >= 15 is 0 Å². The van der Waals surface area contributed by atoms with E-state index in [4.69, 9.17) is 0 Å². The van der Waals surface area contributed by atoms with E-state index in [1.165, 1.54) is 36.2 Å². The van der Waals surface area contributed by atoms with Crippen LogP contribution in [0.1, 0.15) is 0 Å². The van der Waals surface area contributed by atoms with Crippen LogP contribution in [0.25, 0.3) is 16.6 Å². The van der Waals surface area contributed by atoms with Crippen LogP contribution in [0.15, 0.2) is 76.7 Å². The summed E-state index contributed by atoms with van der Waals surface area (Å²) in [5.41, 5.74) is -0.0580. The predicted octanol–water partition coefficient (Wildman–Crippen LogP) is 4.33. The molecule has 0 saturated heterocycles. The summed E-state index contributed by atoms with van der Waals surface area (Å²) in [4.78, 5) is 42.0. The van der Waals surface area contributed by atoms with Gasteiger partial charge in [0.05, 0.1) is 27.3 Å². The summed E-state index contributed by atoms with van der Waals surface area (Å²) in [6, 6.07) is 14.8. The number of hydrogen-bond donors (Lipinski definition) is 0. The summed E-state index contributed by atoms with van der Waals surface area (Å²) in [6.07, 6.45) is 0. The highest BCUT2D eigenvalue weighted by molar-refractivity contribution is 7.99. The molecular formula is C23H16F2N4O4S. The Balaban J connectivity index is 1.67. The number of non-ortho nitro benzene ring substituents is 1. The molecule has 0 aliphatic heterocycles. The summed E-state index contributed by atoms with van der Waals surface area (Å²) >= 11 is 0.915. The second kappa shape index (κ2) is 9.40. The van der Waals surface area contributed by atoms with Crippen LogP contribution in [0.5, 0.6) is 0 Å². The van der Waals surface area contributed by atoms with Crippen LogP contribution >= 0.6 is 11.8 Å². The third-order valence-corrected chi connectivity index (χ3v) is 5.97. The van der Waals surface area contributed by atoms with Gasteiger partial charge in [-0.1, -0.05) is 23.9 Å². The molecule has 1 heterocycles. The topological polar surface area (TPSA) is 98.3 Å². The number of fused-ring (bicyclic) bond motifs is 1. The molecule has 172 valence electrons. The van der Waals surface area contributed by atoms with Gasteiger partial charge in [-0.05, 0) is 36.4 Å². The number of halogens is 2. The SMILES string of the molecule is CN(C(=O)CSc1nc2ccccc2c(=O)n1-c1ccc(F)cc1F)c1ccc([N+](=O)[O-])cc1. The van der Waals surface area contributed by atoms with Crippen LogP contribution in [-0.2, 0) is 4.79 Å². The molecule has 0 bridgehead atoms. The molecular weight excluding hydrogens is 466 g/mol. The van der Waals surface area contributed by atoms with Crippen LogP contribution in [0.4, 0.5) is 20.2 Å². The van der Waals surface area contributed by atoms with Crippen molar-refractivity contribution in [1.29, 1.82) is 0 Å². The monoisotopic (exact) mass is 482 g/mol. The third-order valence-electron chi connectivity index (χ3n) is 5.04. The first-order valence-corrected chi connectivity index (χ1v) is 10.9. The van der Waals surface area contributed by atoms with Gasteiger partial charge in [0.25, 0.3) is 11.2 Å². The molecule has 0 fully saturated rings. The fourth-order valence-corrected chi connectivity index (χ4v) is 4.17. The van der Waals surface area contributed by atoms with Gasteiger partial charge in [-0.3, -0.25) is 24.3 Å². The molecule has 0 saturated carbocycles. The highest BCUT2D eigenvalue weighted by atomic mass is 32.2. The number of amides is 1. The van der Waals surface area contributed by atoms with Gasteiger partial charge in [0, 0.05) is 30.9 Å². The first kappa shape index (κ1) is 23.1. The molecule has 0 N–H and O–H groups in total. The van der Waals surface area contributed by atoms with E-state index in [1.807, 2.05) is 0 Å². The minimum atomic E-state index is -0.949. The van der Waals surface area contributed by atoms with Gasteiger partial charge in [-0.15, -0.1) is 0 Å². The number of aromatic nitrogens is 2. The van der Waals surface area contributed by atoms with Crippen molar-refractivity contribution in [2.75, 3.05) is 17.7 Å². The number of benzene rings is 3. The largest absolute Gasteiger partial charge is 0.315 e. The van der Waals surface area contributed by atoms with Crippen molar-refractivity contribution < 1.29 is 18.5 Å². The van der Waals surface area contributed by atoms with E-state index in [0.29, 0.717) is 17.3 Å². The zero-order valence-electron chi connectivity index (χ0n) is 17.6. The van der Waals surface area contributed by atoms with Gasteiger partial charge >= 0.3 is 0 Å². The molecule has 0 unspecified atom stereocenters. The van der Waals surface area contributed by atoms with Crippen molar-refractivity contribution in [3.63, 3.8) is 0 Å². The van der Waals surface area contributed by atoms with Crippen molar-refractivity contribution in [3.05, 3.63) is 98.8 Å². The summed E-state index contributed by atoms with van der Waals surface area (Å²) in [5.74, 6) is -2.29. The molecule has 4 rings (SSSR count). The molecule has 1 aromatic heterocycles. The summed E-state index contributed by atoms with van der Waals surface area (Å²) in [5, 5.41) is 11.1. The fourth-order valence-electron chi connectivity index (χ4n) is 3.25. The lowest BCUT2D eigenvalue weighted by Crippen LogP contribution is -2.29. The quantitative estimate of drug-likeness (QED) is 0.176. The molecule has 34 heavy (non-hydrogen) atoms. The lowest BCUT2D eigenvalue weighted by atomic mass is 10.2. The van der Waals surface area contributed by atoms with Gasteiger partial charge < -0.3 is 4.90 Å². The Kier molecular flexibility index (Phi) is 6.37. The average molecular weight is 482 g/mol. The summed E-state index contributed by atoms with van der Waals surface area (Å²) < 4.78 is 29.0. The number of hydrogen-bond acceptors (Lipinski definition) is 6. The van der Waals surface area contributed by atoms with Crippen LogP contribution in [-0.4, -0.2) is 33.2 Å². The molecule has 0 radical (unpaired) electrons. The maximum Gasteiger partial charge on any atom is 0.269 e. The molecule has 0 atom stereocenters. The third kappa shape index (κ3) is 4.50. The van der Waals surface area contributed by atoms with Crippen LogP contribution in [0.3, 0.4) is 0 Å². The molecule has 0 aliphatic rings. The number of carbonyl (C=O) groups is 1. The Labute approximate surface area is 195 Å². The van der Waals surface area contributed by atoms with E-state index in [2.05, 4.69) is 4.98 Å². The van der Waals surface area contributed by atoms with E-state index in [9.17, 15) is 28.5 Å². The number of para-hydroxylation sites is 1. The zero-order valence-corrected chi connectivity index (χ0v) is 18.5. The van der Waals surface area contributed by atoms with Gasteiger partial charge in [-0.2, -0.15) is 0 Å². The number of nitrogens with zero attached hydrogens (tertiary/aromatic N) is 4. The van der Waals surface area contributed by atoms with Gasteiger partial charge in [0.2, 0.25) is 5.91 Å². The molecule has 0 spiro atoms. The Morgan fingerprint density at radius 3 is 2.50 bits per heavy atom. The van der Waals surface area contributed by atoms with Gasteiger partial charge in [0.1, 0.15) is 11.6 Å². The number of carbonyl (C=O) groups excluding carboxylic acids is 1. The van der Waals surface area contributed by atoms with Crippen LogP contribution in [0, 0.1) is 21.7 Å². The summed E-state index contributed by atoms with van der Waals surface area (Å²) in [6.45, 7) is 0. The highest BCUT2D eigenvalue weighted by Crippen LogP contribution is 2.25. The Bertz CT molecular complexity index is 1470. The smallest absolute Gasteiger partial charge is 0.269 e. The van der Waals surface area contributed by atoms with Gasteiger partial charge in [0.15, 0.2) is 5.16 Å². The molecule has 11 heteroatoms. The number of nitro groups is 1. The maximum atomic E-state index is 14.6. The Hall–Kier alpha value is -4.12. The average Bonchev–Trinajstić information content (AvgIpc) is 2.83. The Morgan fingerprint density at radius 2 is 1.82 bits per heavy atom. The standard InChI is InChI=1S/C23H16F2N4O4S/c1-27(15-7-9-16(10-8-15)29(32)33)21(30)13-34-23-26-19-5-3-2-4-17(19)22(31)28(23)20-11-6-14(24)12-18(20)25/h2-12H,13H2,1H3. The summed E-state index contributed by atoms with van der Waals surface area (Å²) in [7, 11) is 1.50. The van der Waals surface area contributed by atoms with Crippen molar-refractivity contribution in [2.24, 2.45) is 0 Å². The molecule has 0 aliphatic carbocycles. The number of nitro benzene ring substituents is 1. The van der Waals surface area contributed by atoms with Crippen LogP contribution in [0.2, 0.25) is 0 Å². The van der Waals surface area contributed by atoms with E-state index in [1.54, 1.807) is 24.3 Å². The minimum absolute atomic E-state index is 0.0552. The first-order valence-electron chi connectivity index (χ1n) is 9.87. The van der Waals surface area contributed by atoms with Crippen LogP contribution < -0.4 is 10.5 Å². The number of rotatable bonds is 6. The zero-order chi connectivity index (χ0) is 24.4. The van der Waals surface area contributed by atoms with Crippen molar-refractivity contribution in [2.45, 2.75) is 5.16 Å². The maximum absolute atomic E-state index is 14.6. The molecule has 4 aromatic rings. The van der Waals surface area contributed by atoms with Crippen molar-refractivity contribution in [3.8, 4) is 5.69 Å². The molecule has 1 amide bonds. The van der Waals surface area contributed by atoms with E-state index < -0.39 is 22.1 Å². The highest BCUT2D eigenvalue weighted by Gasteiger charge is 2.19. The second-order valence-corrected chi connectivity index (χ2v) is 8.11. The number of thioether (sulfide) groups is 1. The Morgan fingerprint density at radius 1 is 1.12 bits per heavy atom. The molecule has 8 nitrogen and oxygen atoms in total. The van der Waals surface area contributed by atoms with E-state index in [0.717, 1.165) is 28.5 Å². The van der Waals surface area contributed by atoms with Crippen molar-refractivity contribution in [1.82, 2.24) is 9.55 Å². The van der Waals surface area contributed by atoms with Gasteiger partial charge in [-0.25, -0.2) is 13.8 Å². The normalized spacial score (nSPS) is 10.9. The predicted molar refractivity (Wildman–Crippen MR) is 124 cm³/mol. The fraction of sp³-hybridized carbons (Fsp3) is 0.0870. The lowest BCUT2D eigenvalue weighted by Gasteiger charge is -2.18. The van der Waals surface area contributed by atoms with Crippen molar-refractivity contribution >= 4 is 39.9 Å². The number of anilines is 1. The second-order valence-electron chi connectivity index (χ2n) is 7.16. The lowest BCUT2D eigenvalue weighted by molar-refractivity contribution is -0.384. The molecule has 3 aromatic carbocycles. The van der Waals surface area contributed by atoms with E-state index in [-0.39, 0.29) is 33.6 Å².